The van der Waals surface area contributed by atoms with Gasteiger partial charge in [0.1, 0.15) is 11.6 Å². The molecule has 31 heavy (non-hydrogen) atoms. The van der Waals surface area contributed by atoms with Crippen LogP contribution in [0.4, 0.5) is 14.5 Å². The lowest BCUT2D eigenvalue weighted by atomic mass is 10.1. The Morgan fingerprint density at radius 1 is 1.13 bits per heavy atom. The molecule has 0 radical (unpaired) electrons. The normalized spacial score (nSPS) is 14.3. The van der Waals surface area contributed by atoms with Crippen molar-refractivity contribution in [3.05, 3.63) is 53.6 Å². The van der Waals surface area contributed by atoms with Crippen molar-refractivity contribution in [2.75, 3.05) is 51.3 Å². The van der Waals surface area contributed by atoms with Gasteiger partial charge in [0.15, 0.2) is 17.5 Å². The van der Waals surface area contributed by atoms with Crippen molar-refractivity contribution < 1.29 is 18.6 Å². The predicted octanol–water partition coefficient (Wildman–Crippen LogP) is 3.63. The molecule has 170 valence electrons. The van der Waals surface area contributed by atoms with Crippen LogP contribution in [0.25, 0.3) is 0 Å². The SMILES string of the molecule is CCNC(=NCCc1ccc(O)c(OC)c1)N1CCN(c2cc(F)ccc2F)CC1.I. The van der Waals surface area contributed by atoms with Gasteiger partial charge in [-0.2, -0.15) is 0 Å². The molecule has 2 N–H and O–H groups in total. The van der Waals surface area contributed by atoms with Crippen LogP contribution in [0.1, 0.15) is 12.5 Å². The number of aliphatic imine (C=N–C) groups is 1. The van der Waals surface area contributed by atoms with Crippen molar-refractivity contribution >= 4 is 35.6 Å². The molecule has 1 saturated heterocycles. The van der Waals surface area contributed by atoms with Gasteiger partial charge in [0.25, 0.3) is 0 Å². The predicted molar refractivity (Wildman–Crippen MR) is 130 cm³/mol. The molecule has 1 heterocycles. The fourth-order valence-corrected chi connectivity index (χ4v) is 3.48. The van der Waals surface area contributed by atoms with Crippen LogP contribution in [-0.2, 0) is 6.42 Å². The molecule has 0 saturated carbocycles. The Morgan fingerprint density at radius 2 is 1.87 bits per heavy atom. The quantitative estimate of drug-likeness (QED) is 0.330. The number of phenols is 1. The van der Waals surface area contributed by atoms with E-state index in [0.29, 0.717) is 50.6 Å². The molecule has 0 aliphatic carbocycles. The third kappa shape index (κ3) is 6.59. The second-order valence-electron chi connectivity index (χ2n) is 7.06. The average Bonchev–Trinajstić information content (AvgIpc) is 2.76. The minimum Gasteiger partial charge on any atom is -0.504 e. The molecule has 0 spiro atoms. The van der Waals surface area contributed by atoms with Gasteiger partial charge in [-0.1, -0.05) is 6.07 Å². The molecular formula is C22H29F2IN4O2. The van der Waals surface area contributed by atoms with E-state index in [4.69, 9.17) is 9.73 Å². The summed E-state index contributed by atoms with van der Waals surface area (Å²) in [4.78, 5) is 8.71. The number of piperazine rings is 1. The Labute approximate surface area is 198 Å². The molecule has 0 amide bonds. The van der Waals surface area contributed by atoms with Gasteiger partial charge in [0.2, 0.25) is 0 Å². The van der Waals surface area contributed by atoms with Gasteiger partial charge in [0, 0.05) is 45.3 Å². The molecule has 0 unspecified atom stereocenters. The number of halogens is 3. The molecule has 2 aromatic carbocycles. The molecule has 9 heteroatoms. The second-order valence-corrected chi connectivity index (χ2v) is 7.06. The summed E-state index contributed by atoms with van der Waals surface area (Å²) < 4.78 is 32.7. The van der Waals surface area contributed by atoms with Gasteiger partial charge in [-0.3, -0.25) is 4.99 Å². The van der Waals surface area contributed by atoms with Gasteiger partial charge in [-0.25, -0.2) is 8.78 Å². The van der Waals surface area contributed by atoms with Gasteiger partial charge in [-0.05, 0) is 43.2 Å². The lowest BCUT2D eigenvalue weighted by Crippen LogP contribution is -2.52. The third-order valence-electron chi connectivity index (χ3n) is 5.07. The van der Waals surface area contributed by atoms with E-state index >= 15 is 0 Å². The van der Waals surface area contributed by atoms with Crippen molar-refractivity contribution in [3.8, 4) is 11.5 Å². The fraction of sp³-hybridized carbons (Fsp3) is 0.409. The maximum absolute atomic E-state index is 14.1. The topological polar surface area (TPSA) is 60.3 Å². The van der Waals surface area contributed by atoms with Crippen molar-refractivity contribution in [3.63, 3.8) is 0 Å². The van der Waals surface area contributed by atoms with Gasteiger partial charge < -0.3 is 25.0 Å². The molecule has 0 bridgehead atoms. The fourth-order valence-electron chi connectivity index (χ4n) is 3.48. The van der Waals surface area contributed by atoms with E-state index in [1.54, 1.807) is 6.07 Å². The third-order valence-corrected chi connectivity index (χ3v) is 5.07. The maximum atomic E-state index is 14.1. The number of phenolic OH excluding ortho intramolecular Hbond substituents is 1. The number of benzene rings is 2. The van der Waals surface area contributed by atoms with E-state index in [2.05, 4.69) is 10.2 Å². The maximum Gasteiger partial charge on any atom is 0.194 e. The highest BCUT2D eigenvalue weighted by Crippen LogP contribution is 2.26. The first kappa shape index (κ1) is 25.0. The van der Waals surface area contributed by atoms with Crippen LogP contribution >= 0.6 is 24.0 Å². The minimum absolute atomic E-state index is 0. The largest absolute Gasteiger partial charge is 0.504 e. The number of nitrogens with one attached hydrogen (secondary N) is 1. The van der Waals surface area contributed by atoms with E-state index in [1.807, 2.05) is 24.0 Å². The molecule has 1 aliphatic rings. The first-order valence-corrected chi connectivity index (χ1v) is 10.1. The van der Waals surface area contributed by atoms with Crippen LogP contribution in [0.15, 0.2) is 41.4 Å². The molecule has 1 aliphatic heterocycles. The smallest absolute Gasteiger partial charge is 0.194 e. The van der Waals surface area contributed by atoms with E-state index < -0.39 is 11.6 Å². The number of hydrogen-bond acceptors (Lipinski definition) is 4. The van der Waals surface area contributed by atoms with E-state index in [9.17, 15) is 13.9 Å². The van der Waals surface area contributed by atoms with Crippen LogP contribution in [0.2, 0.25) is 0 Å². The highest BCUT2D eigenvalue weighted by Gasteiger charge is 2.22. The second kappa shape index (κ2) is 11.9. The molecule has 3 rings (SSSR count). The number of aromatic hydroxyl groups is 1. The molecule has 6 nitrogen and oxygen atoms in total. The zero-order chi connectivity index (χ0) is 21.5. The number of guanidine groups is 1. The zero-order valence-electron chi connectivity index (χ0n) is 17.8. The standard InChI is InChI=1S/C22H28F2N4O2.HI/c1-3-25-22(26-9-8-16-4-7-20(29)21(14-16)30-2)28-12-10-27(11-13-28)19-15-17(23)5-6-18(19)24;/h4-7,14-15,29H,3,8-13H2,1-2H3,(H,25,26);1H. The summed E-state index contributed by atoms with van der Waals surface area (Å²) in [5, 5.41) is 13.0. The van der Waals surface area contributed by atoms with Crippen molar-refractivity contribution in [1.82, 2.24) is 10.2 Å². The van der Waals surface area contributed by atoms with E-state index in [0.717, 1.165) is 24.1 Å². The summed E-state index contributed by atoms with van der Waals surface area (Å²) in [7, 11) is 1.52. The Bertz CT molecular complexity index is 890. The first-order valence-electron chi connectivity index (χ1n) is 10.1. The van der Waals surface area contributed by atoms with Crippen LogP contribution in [-0.4, -0.2) is 62.3 Å². The number of rotatable bonds is 6. The van der Waals surface area contributed by atoms with Crippen molar-refractivity contribution in [1.29, 1.82) is 0 Å². The minimum atomic E-state index is -0.436. The lowest BCUT2D eigenvalue weighted by molar-refractivity contribution is 0.370. The zero-order valence-corrected chi connectivity index (χ0v) is 20.1. The van der Waals surface area contributed by atoms with Gasteiger partial charge in [-0.15, -0.1) is 24.0 Å². The lowest BCUT2D eigenvalue weighted by Gasteiger charge is -2.37. The first-order chi connectivity index (χ1) is 14.5. The van der Waals surface area contributed by atoms with E-state index in [1.165, 1.54) is 19.2 Å². The number of hydrogen-bond donors (Lipinski definition) is 2. The monoisotopic (exact) mass is 546 g/mol. The van der Waals surface area contributed by atoms with Crippen LogP contribution in [0, 0.1) is 11.6 Å². The van der Waals surface area contributed by atoms with Crippen molar-refractivity contribution in [2.45, 2.75) is 13.3 Å². The van der Waals surface area contributed by atoms with Gasteiger partial charge in [0.05, 0.1) is 12.8 Å². The summed E-state index contributed by atoms with van der Waals surface area (Å²) in [6, 6.07) is 8.83. The number of methoxy groups -OCH3 is 1. The molecule has 0 atom stereocenters. The summed E-state index contributed by atoms with van der Waals surface area (Å²) in [6.07, 6.45) is 0.708. The molecule has 2 aromatic rings. The van der Waals surface area contributed by atoms with Gasteiger partial charge >= 0.3 is 0 Å². The summed E-state index contributed by atoms with van der Waals surface area (Å²) >= 11 is 0. The highest BCUT2D eigenvalue weighted by atomic mass is 127. The number of anilines is 1. The van der Waals surface area contributed by atoms with Crippen LogP contribution < -0.4 is 15.0 Å². The summed E-state index contributed by atoms with van der Waals surface area (Å²) in [5.74, 6) is 0.529. The summed E-state index contributed by atoms with van der Waals surface area (Å²) in [6.45, 7) is 5.82. The Hall–Kier alpha value is -2.30. The number of nitrogens with zero attached hydrogens (tertiary/aromatic N) is 3. The van der Waals surface area contributed by atoms with E-state index in [-0.39, 0.29) is 29.7 Å². The Morgan fingerprint density at radius 3 is 2.55 bits per heavy atom. The Kier molecular flexibility index (Phi) is 9.60. The summed E-state index contributed by atoms with van der Waals surface area (Å²) in [5.41, 5.74) is 1.33. The average molecular weight is 546 g/mol. The van der Waals surface area contributed by atoms with Crippen molar-refractivity contribution in [2.24, 2.45) is 4.99 Å². The van der Waals surface area contributed by atoms with Crippen LogP contribution in [0.3, 0.4) is 0 Å². The molecule has 1 fully saturated rings. The Balaban J connectivity index is 0.00000341. The molecular weight excluding hydrogens is 517 g/mol. The molecule has 0 aromatic heterocycles. The highest BCUT2D eigenvalue weighted by molar-refractivity contribution is 14.0. The van der Waals surface area contributed by atoms with Crippen LogP contribution in [0.5, 0.6) is 11.5 Å². The number of ether oxygens (including phenoxy) is 1.